The molecule has 148 valence electrons. The molecule has 0 saturated heterocycles. The largest absolute Gasteiger partial charge is 0.494 e. The van der Waals surface area contributed by atoms with Crippen molar-refractivity contribution in [1.82, 2.24) is 0 Å². The van der Waals surface area contributed by atoms with Crippen molar-refractivity contribution in [1.29, 1.82) is 0 Å². The second-order valence-corrected chi connectivity index (χ2v) is 8.47. The molecule has 0 N–H and O–H groups in total. The molecule has 1 heteroatoms. The highest BCUT2D eigenvalue weighted by molar-refractivity contribution is 5.27. The third kappa shape index (κ3) is 8.60. The molecule has 0 atom stereocenters. The van der Waals surface area contributed by atoms with E-state index >= 15 is 0 Å². The van der Waals surface area contributed by atoms with Gasteiger partial charge in [0, 0.05) is 0 Å². The summed E-state index contributed by atoms with van der Waals surface area (Å²) >= 11 is 0. The Morgan fingerprint density at radius 1 is 0.731 bits per heavy atom. The summed E-state index contributed by atoms with van der Waals surface area (Å²) in [4.78, 5) is 0. The number of rotatable bonds is 13. The first-order chi connectivity index (χ1) is 12.8. The summed E-state index contributed by atoms with van der Waals surface area (Å²) in [6, 6.07) is 8.79. The van der Waals surface area contributed by atoms with Gasteiger partial charge >= 0.3 is 0 Å². The van der Waals surface area contributed by atoms with Gasteiger partial charge in [0.1, 0.15) is 5.75 Å². The zero-order valence-corrected chi connectivity index (χ0v) is 17.5. The molecule has 2 rings (SSSR count). The van der Waals surface area contributed by atoms with E-state index in [1.165, 1.54) is 89.0 Å². The maximum atomic E-state index is 5.75. The van der Waals surface area contributed by atoms with E-state index in [4.69, 9.17) is 4.74 Å². The van der Waals surface area contributed by atoms with Crippen LogP contribution in [0, 0.1) is 11.8 Å². The second-order valence-electron chi connectivity index (χ2n) is 8.47. The van der Waals surface area contributed by atoms with Crippen molar-refractivity contribution >= 4 is 0 Å². The number of ether oxygens (including phenoxy) is 1. The summed E-state index contributed by atoms with van der Waals surface area (Å²) in [5.74, 6) is 3.10. The SMILES string of the molecule is CCCCC[C@H]1CC[C@H](CCCCc2ccc(OCCCC)cc2)CC1. The molecule has 1 aromatic carbocycles. The van der Waals surface area contributed by atoms with Crippen molar-refractivity contribution < 1.29 is 4.74 Å². The summed E-state index contributed by atoms with van der Waals surface area (Å²) in [5.41, 5.74) is 1.47. The van der Waals surface area contributed by atoms with E-state index in [1.54, 1.807) is 0 Å². The van der Waals surface area contributed by atoms with Crippen molar-refractivity contribution in [3.05, 3.63) is 29.8 Å². The van der Waals surface area contributed by atoms with Gasteiger partial charge in [0.2, 0.25) is 0 Å². The number of unbranched alkanes of at least 4 members (excludes halogenated alkanes) is 4. The molecular formula is C25H42O. The van der Waals surface area contributed by atoms with Crippen LogP contribution in [0.3, 0.4) is 0 Å². The molecule has 1 fully saturated rings. The van der Waals surface area contributed by atoms with Gasteiger partial charge in [-0.25, -0.2) is 0 Å². The van der Waals surface area contributed by atoms with Crippen LogP contribution in [0.2, 0.25) is 0 Å². The number of benzene rings is 1. The Balaban J connectivity index is 1.52. The lowest BCUT2D eigenvalue weighted by molar-refractivity contribution is 0.245. The average molecular weight is 359 g/mol. The van der Waals surface area contributed by atoms with E-state index in [-0.39, 0.29) is 0 Å². The molecule has 1 aliphatic carbocycles. The summed E-state index contributed by atoms with van der Waals surface area (Å²) < 4.78 is 5.75. The van der Waals surface area contributed by atoms with Crippen LogP contribution in [-0.4, -0.2) is 6.61 Å². The minimum atomic E-state index is 0.844. The van der Waals surface area contributed by atoms with Crippen LogP contribution in [0.15, 0.2) is 24.3 Å². The Labute approximate surface area is 162 Å². The van der Waals surface area contributed by atoms with Gasteiger partial charge in [-0.15, -0.1) is 0 Å². The van der Waals surface area contributed by atoms with Crippen LogP contribution in [0.4, 0.5) is 0 Å². The number of hydrogen-bond acceptors (Lipinski definition) is 1. The Bertz CT molecular complexity index is 442. The van der Waals surface area contributed by atoms with Gasteiger partial charge in [-0.3, -0.25) is 0 Å². The summed E-state index contributed by atoms with van der Waals surface area (Å²) in [5, 5.41) is 0. The van der Waals surface area contributed by atoms with Gasteiger partial charge in [0.15, 0.2) is 0 Å². The first-order valence-corrected chi connectivity index (χ1v) is 11.5. The topological polar surface area (TPSA) is 9.23 Å². The minimum Gasteiger partial charge on any atom is -0.494 e. The van der Waals surface area contributed by atoms with Gasteiger partial charge in [-0.05, 0) is 48.8 Å². The van der Waals surface area contributed by atoms with Gasteiger partial charge < -0.3 is 4.74 Å². The minimum absolute atomic E-state index is 0.844. The molecule has 0 bridgehead atoms. The van der Waals surface area contributed by atoms with Gasteiger partial charge in [0.05, 0.1) is 6.61 Å². The average Bonchev–Trinajstić information content (AvgIpc) is 2.68. The van der Waals surface area contributed by atoms with E-state index in [2.05, 4.69) is 38.1 Å². The lowest BCUT2D eigenvalue weighted by atomic mass is 9.78. The Hall–Kier alpha value is -0.980. The zero-order valence-electron chi connectivity index (χ0n) is 17.5. The molecule has 26 heavy (non-hydrogen) atoms. The predicted octanol–water partition coefficient (Wildman–Crippen LogP) is 7.97. The van der Waals surface area contributed by atoms with Crippen molar-refractivity contribution in [3.63, 3.8) is 0 Å². The monoisotopic (exact) mass is 358 g/mol. The molecule has 1 saturated carbocycles. The van der Waals surface area contributed by atoms with Crippen molar-refractivity contribution in [3.8, 4) is 5.75 Å². The molecule has 0 aliphatic heterocycles. The fourth-order valence-electron chi connectivity index (χ4n) is 4.34. The maximum absolute atomic E-state index is 5.75. The fraction of sp³-hybridized carbons (Fsp3) is 0.760. The van der Waals surface area contributed by atoms with Crippen LogP contribution in [0.25, 0.3) is 0 Å². The highest BCUT2D eigenvalue weighted by atomic mass is 16.5. The normalized spacial score (nSPS) is 20.2. The van der Waals surface area contributed by atoms with Crippen LogP contribution < -0.4 is 4.74 Å². The highest BCUT2D eigenvalue weighted by Crippen LogP contribution is 2.34. The summed E-state index contributed by atoms with van der Waals surface area (Å²) in [7, 11) is 0. The van der Waals surface area contributed by atoms with Gasteiger partial charge in [-0.1, -0.05) is 96.6 Å². The zero-order chi connectivity index (χ0) is 18.5. The molecule has 0 amide bonds. The standard InChI is InChI=1S/C25H42O/c1-3-5-7-10-22-13-15-23(16-14-22)11-8-9-12-24-17-19-25(20-18-24)26-21-6-4-2/h17-20,22-23H,3-16,21H2,1-2H3/t22-,23-. The molecule has 1 aliphatic rings. The van der Waals surface area contributed by atoms with Crippen LogP contribution in [0.5, 0.6) is 5.75 Å². The van der Waals surface area contributed by atoms with E-state index in [1.807, 2.05) is 0 Å². The first-order valence-electron chi connectivity index (χ1n) is 11.5. The Kier molecular flexibility index (Phi) is 10.8. The van der Waals surface area contributed by atoms with Crippen LogP contribution >= 0.6 is 0 Å². The second kappa shape index (κ2) is 13.2. The molecule has 0 radical (unpaired) electrons. The first kappa shape index (κ1) is 21.3. The molecular weight excluding hydrogens is 316 g/mol. The van der Waals surface area contributed by atoms with Crippen molar-refractivity contribution in [2.24, 2.45) is 11.8 Å². The Morgan fingerprint density at radius 2 is 1.31 bits per heavy atom. The van der Waals surface area contributed by atoms with E-state index in [0.717, 1.165) is 30.6 Å². The van der Waals surface area contributed by atoms with Crippen LogP contribution in [-0.2, 0) is 6.42 Å². The molecule has 0 heterocycles. The fourth-order valence-corrected chi connectivity index (χ4v) is 4.34. The van der Waals surface area contributed by atoms with Crippen molar-refractivity contribution in [2.45, 2.75) is 104 Å². The van der Waals surface area contributed by atoms with E-state index in [0.29, 0.717) is 0 Å². The number of aryl methyl sites for hydroxylation is 1. The third-order valence-corrected chi connectivity index (χ3v) is 6.20. The van der Waals surface area contributed by atoms with Gasteiger partial charge in [0.25, 0.3) is 0 Å². The van der Waals surface area contributed by atoms with Crippen LogP contribution in [0.1, 0.15) is 103 Å². The van der Waals surface area contributed by atoms with E-state index < -0.39 is 0 Å². The smallest absolute Gasteiger partial charge is 0.119 e. The summed E-state index contributed by atoms with van der Waals surface area (Å²) in [6.45, 7) is 5.36. The third-order valence-electron chi connectivity index (χ3n) is 6.20. The molecule has 0 aromatic heterocycles. The molecule has 0 unspecified atom stereocenters. The Morgan fingerprint density at radius 3 is 1.88 bits per heavy atom. The van der Waals surface area contributed by atoms with Gasteiger partial charge in [-0.2, -0.15) is 0 Å². The molecule has 1 aromatic rings. The lowest BCUT2D eigenvalue weighted by Crippen LogP contribution is -2.14. The lowest BCUT2D eigenvalue weighted by Gasteiger charge is -2.28. The van der Waals surface area contributed by atoms with Crippen molar-refractivity contribution in [2.75, 3.05) is 6.61 Å². The predicted molar refractivity (Wildman–Crippen MR) is 114 cm³/mol. The quantitative estimate of drug-likeness (QED) is 0.325. The number of hydrogen-bond donors (Lipinski definition) is 0. The molecule has 0 spiro atoms. The molecule has 1 nitrogen and oxygen atoms in total. The van der Waals surface area contributed by atoms with E-state index in [9.17, 15) is 0 Å². The maximum Gasteiger partial charge on any atom is 0.119 e. The highest BCUT2D eigenvalue weighted by Gasteiger charge is 2.20. The summed E-state index contributed by atoms with van der Waals surface area (Å²) in [6.07, 6.45) is 19.5.